The van der Waals surface area contributed by atoms with Gasteiger partial charge in [0.1, 0.15) is 0 Å². The van der Waals surface area contributed by atoms with Crippen LogP contribution in [0.2, 0.25) is 0 Å². The Morgan fingerprint density at radius 3 is 2.42 bits per heavy atom. The molecule has 4 heteroatoms. The summed E-state index contributed by atoms with van der Waals surface area (Å²) >= 11 is 5.83. The van der Waals surface area contributed by atoms with Crippen molar-refractivity contribution in [3.63, 3.8) is 0 Å². The summed E-state index contributed by atoms with van der Waals surface area (Å²) in [5.74, 6) is 0. The number of aryl methyl sites for hydroxylation is 2. The number of hydrogen-bond donors (Lipinski definition) is 1. The molecule has 0 unspecified atom stereocenters. The van der Waals surface area contributed by atoms with E-state index in [2.05, 4.69) is 95.5 Å². The van der Waals surface area contributed by atoms with Gasteiger partial charge in [-0.25, -0.2) is 0 Å². The molecule has 132 valence electrons. The van der Waals surface area contributed by atoms with Gasteiger partial charge in [-0.2, -0.15) is 0 Å². The highest BCUT2D eigenvalue weighted by atomic mass is 32.1. The van der Waals surface area contributed by atoms with Gasteiger partial charge in [0.25, 0.3) is 0 Å². The number of hydrogen-bond acceptors (Lipinski definition) is 1. The maximum atomic E-state index is 5.83. The predicted molar refractivity (Wildman–Crippen MR) is 112 cm³/mol. The molecule has 3 nitrogen and oxygen atoms in total. The Balaban J connectivity index is 1.67. The minimum absolute atomic E-state index is 0.130. The van der Waals surface area contributed by atoms with Crippen LogP contribution in [0.5, 0.6) is 0 Å². The first-order valence-corrected chi connectivity index (χ1v) is 9.38. The van der Waals surface area contributed by atoms with E-state index in [4.69, 9.17) is 12.2 Å². The highest BCUT2D eigenvalue weighted by Crippen LogP contribution is 2.33. The number of rotatable bonds is 2. The van der Waals surface area contributed by atoms with E-state index in [9.17, 15) is 0 Å². The molecule has 0 spiro atoms. The Morgan fingerprint density at radius 1 is 0.962 bits per heavy atom. The van der Waals surface area contributed by atoms with Crippen LogP contribution < -0.4 is 5.32 Å². The van der Waals surface area contributed by atoms with Crippen molar-refractivity contribution in [2.24, 2.45) is 0 Å². The molecule has 4 rings (SSSR count). The maximum absolute atomic E-state index is 5.83. The molecule has 1 atom stereocenters. The van der Waals surface area contributed by atoms with E-state index in [1.165, 1.54) is 22.4 Å². The quantitative estimate of drug-likeness (QED) is 0.655. The highest BCUT2D eigenvalue weighted by Gasteiger charge is 2.30. The van der Waals surface area contributed by atoms with E-state index in [1.807, 2.05) is 0 Å². The summed E-state index contributed by atoms with van der Waals surface area (Å²) in [5, 5.41) is 4.24. The fourth-order valence-corrected chi connectivity index (χ4v) is 4.14. The van der Waals surface area contributed by atoms with Gasteiger partial charge in [-0.15, -0.1) is 0 Å². The van der Waals surface area contributed by atoms with Crippen LogP contribution >= 0.6 is 12.2 Å². The summed E-state index contributed by atoms with van der Waals surface area (Å²) in [5.41, 5.74) is 6.08. The van der Waals surface area contributed by atoms with Crippen LogP contribution in [0.1, 0.15) is 28.4 Å². The number of fused-ring (bicyclic) bond motifs is 1. The monoisotopic (exact) mass is 361 g/mol. The van der Waals surface area contributed by atoms with Gasteiger partial charge in [-0.05, 0) is 67.0 Å². The summed E-state index contributed by atoms with van der Waals surface area (Å²) in [7, 11) is 0. The summed E-state index contributed by atoms with van der Waals surface area (Å²) in [6.45, 7) is 6.06. The zero-order valence-corrected chi connectivity index (χ0v) is 16.0. The summed E-state index contributed by atoms with van der Waals surface area (Å²) in [6, 6.07) is 21.5. The normalized spacial score (nSPS) is 16.2. The number of aromatic nitrogens is 1. The van der Waals surface area contributed by atoms with Gasteiger partial charge >= 0.3 is 0 Å². The third-order valence-electron chi connectivity index (χ3n) is 4.89. The molecule has 1 aliphatic heterocycles. The lowest BCUT2D eigenvalue weighted by Gasteiger charge is -2.39. The third kappa shape index (κ3) is 3.25. The molecule has 2 heterocycles. The van der Waals surface area contributed by atoms with Crippen LogP contribution in [0.25, 0.3) is 0 Å². The predicted octanol–water partition coefficient (Wildman–Crippen LogP) is 4.91. The van der Waals surface area contributed by atoms with Crippen molar-refractivity contribution < 1.29 is 0 Å². The lowest BCUT2D eigenvalue weighted by Crippen LogP contribution is -2.44. The first-order valence-electron chi connectivity index (χ1n) is 8.98. The summed E-state index contributed by atoms with van der Waals surface area (Å²) in [6.07, 6.45) is 2.16. The Kier molecular flexibility index (Phi) is 4.51. The fourth-order valence-electron chi connectivity index (χ4n) is 3.83. The molecule has 1 aliphatic rings. The standard InChI is InChI=1S/C22H23N3S/c1-16-13-17(2)15-19(14-16)23-22(26)25-12-11-24-10-6-9-20(24)21(25)18-7-4-3-5-8-18/h3-10,13-15,21H,11-12H2,1-2H3,(H,23,26)/t21-/m1/s1. The van der Waals surface area contributed by atoms with Crippen LogP contribution in [0.4, 0.5) is 5.69 Å². The minimum Gasteiger partial charge on any atom is -0.348 e. The lowest BCUT2D eigenvalue weighted by molar-refractivity contribution is 0.293. The summed E-state index contributed by atoms with van der Waals surface area (Å²) in [4.78, 5) is 2.30. The smallest absolute Gasteiger partial charge is 0.174 e. The van der Waals surface area contributed by atoms with E-state index in [0.717, 1.165) is 23.9 Å². The molecule has 0 fully saturated rings. The van der Waals surface area contributed by atoms with Crippen molar-refractivity contribution >= 4 is 23.0 Å². The molecule has 1 N–H and O–H groups in total. The first-order chi connectivity index (χ1) is 12.6. The molecular weight excluding hydrogens is 338 g/mol. The van der Waals surface area contributed by atoms with Gasteiger partial charge < -0.3 is 14.8 Å². The topological polar surface area (TPSA) is 20.2 Å². The minimum atomic E-state index is 0.130. The second kappa shape index (κ2) is 6.96. The van der Waals surface area contributed by atoms with Crippen LogP contribution in [0.3, 0.4) is 0 Å². The average Bonchev–Trinajstić information content (AvgIpc) is 3.09. The van der Waals surface area contributed by atoms with Crippen molar-refractivity contribution in [1.82, 2.24) is 9.47 Å². The third-order valence-corrected chi connectivity index (χ3v) is 5.22. The number of nitrogens with zero attached hydrogens (tertiary/aromatic N) is 2. The zero-order valence-electron chi connectivity index (χ0n) is 15.1. The molecule has 0 amide bonds. The van der Waals surface area contributed by atoms with Gasteiger partial charge in [-0.1, -0.05) is 36.4 Å². The van der Waals surface area contributed by atoms with Crippen molar-refractivity contribution in [2.75, 3.05) is 11.9 Å². The Morgan fingerprint density at radius 2 is 1.69 bits per heavy atom. The van der Waals surface area contributed by atoms with Gasteiger partial charge in [0.2, 0.25) is 0 Å². The molecule has 2 aromatic carbocycles. The SMILES string of the molecule is Cc1cc(C)cc(NC(=S)N2CCn3cccc3[C@H]2c2ccccc2)c1. The molecule has 0 radical (unpaired) electrons. The Labute approximate surface area is 160 Å². The molecule has 0 bridgehead atoms. The van der Waals surface area contributed by atoms with Gasteiger partial charge in [0.05, 0.1) is 6.04 Å². The fraction of sp³-hybridized carbons (Fsp3) is 0.227. The Hall–Kier alpha value is -2.59. The highest BCUT2D eigenvalue weighted by molar-refractivity contribution is 7.80. The van der Waals surface area contributed by atoms with E-state index in [0.29, 0.717) is 0 Å². The maximum Gasteiger partial charge on any atom is 0.174 e. The van der Waals surface area contributed by atoms with E-state index < -0.39 is 0 Å². The van der Waals surface area contributed by atoms with E-state index in [-0.39, 0.29) is 6.04 Å². The molecule has 26 heavy (non-hydrogen) atoms. The number of anilines is 1. The van der Waals surface area contributed by atoms with E-state index in [1.54, 1.807) is 0 Å². The molecule has 0 aliphatic carbocycles. The Bertz CT molecular complexity index is 909. The van der Waals surface area contributed by atoms with Crippen LogP contribution in [0, 0.1) is 13.8 Å². The first kappa shape index (κ1) is 16.9. The molecule has 3 aromatic rings. The molecule has 1 aromatic heterocycles. The molecule has 0 saturated heterocycles. The number of benzene rings is 2. The average molecular weight is 362 g/mol. The van der Waals surface area contributed by atoms with Gasteiger partial charge in [0, 0.05) is 30.7 Å². The van der Waals surface area contributed by atoms with Crippen LogP contribution in [-0.4, -0.2) is 21.1 Å². The summed E-state index contributed by atoms with van der Waals surface area (Å²) < 4.78 is 2.33. The van der Waals surface area contributed by atoms with Gasteiger partial charge in [-0.3, -0.25) is 0 Å². The van der Waals surface area contributed by atoms with Crippen molar-refractivity contribution in [3.8, 4) is 0 Å². The molecule has 0 saturated carbocycles. The van der Waals surface area contributed by atoms with Crippen molar-refractivity contribution in [1.29, 1.82) is 0 Å². The number of thiocarbonyl (C=S) groups is 1. The largest absolute Gasteiger partial charge is 0.348 e. The molecular formula is C22H23N3S. The second-order valence-electron chi connectivity index (χ2n) is 6.94. The van der Waals surface area contributed by atoms with Crippen molar-refractivity contribution in [3.05, 3.63) is 89.2 Å². The van der Waals surface area contributed by atoms with Crippen molar-refractivity contribution in [2.45, 2.75) is 26.4 Å². The van der Waals surface area contributed by atoms with Crippen LogP contribution in [0.15, 0.2) is 66.9 Å². The van der Waals surface area contributed by atoms with Gasteiger partial charge in [0.15, 0.2) is 5.11 Å². The van der Waals surface area contributed by atoms with E-state index >= 15 is 0 Å². The zero-order chi connectivity index (χ0) is 18.1. The number of nitrogens with one attached hydrogen (secondary N) is 1. The second-order valence-corrected chi connectivity index (χ2v) is 7.33. The lowest BCUT2D eigenvalue weighted by atomic mass is 10.0. The van der Waals surface area contributed by atoms with Crippen LogP contribution in [-0.2, 0) is 6.54 Å².